The Bertz CT molecular complexity index is 1350. The fourth-order valence-electron chi connectivity index (χ4n) is 3.37. The van der Waals surface area contributed by atoms with E-state index in [0.717, 1.165) is 27.8 Å². The number of hydrogen-bond acceptors (Lipinski definition) is 7. The lowest BCUT2D eigenvalue weighted by Gasteiger charge is -2.04. The molecule has 33 heavy (non-hydrogen) atoms. The normalized spacial score (nSPS) is 12.1. The zero-order chi connectivity index (χ0) is 23.3. The summed E-state index contributed by atoms with van der Waals surface area (Å²) >= 11 is 0. The van der Waals surface area contributed by atoms with Gasteiger partial charge in [0, 0.05) is 29.9 Å². The average molecular weight is 468 g/mol. The number of aromatic nitrogens is 1. The first-order valence-electron chi connectivity index (χ1n) is 10.7. The Morgan fingerprint density at radius 3 is 2.67 bits per heavy atom. The summed E-state index contributed by atoms with van der Waals surface area (Å²) in [7, 11) is -3.64. The molecule has 0 saturated heterocycles. The van der Waals surface area contributed by atoms with Gasteiger partial charge in [-0.3, -0.25) is 4.18 Å². The molecule has 2 aromatic heterocycles. The lowest BCUT2D eigenvalue weighted by Crippen LogP contribution is -2.02. The predicted octanol–water partition coefficient (Wildman–Crippen LogP) is 5.44. The quantitative estimate of drug-likeness (QED) is 0.287. The molecule has 4 aromatic rings. The van der Waals surface area contributed by atoms with Crippen molar-refractivity contribution < 1.29 is 26.2 Å². The number of fused-ring (bicyclic) bond motifs is 1. The highest BCUT2D eigenvalue weighted by molar-refractivity contribution is 7.89. The van der Waals surface area contributed by atoms with E-state index < -0.39 is 10.1 Å². The molecule has 0 atom stereocenters. The van der Waals surface area contributed by atoms with Gasteiger partial charge >= 0.3 is 0 Å². The first-order valence-corrected chi connectivity index (χ1v) is 12.1. The number of aryl methyl sites for hydroxylation is 1. The minimum atomic E-state index is -3.64. The second-order valence-corrected chi connectivity index (χ2v) is 8.87. The van der Waals surface area contributed by atoms with E-state index in [1.807, 2.05) is 61.5 Å². The van der Waals surface area contributed by atoms with E-state index in [0.29, 0.717) is 42.4 Å². The van der Waals surface area contributed by atoms with Crippen molar-refractivity contribution in [2.45, 2.75) is 26.7 Å². The minimum Gasteiger partial charge on any atom is -0.493 e. The fourth-order valence-corrected chi connectivity index (χ4v) is 4.11. The molecule has 2 aromatic carbocycles. The topological polar surface area (TPSA) is 91.8 Å². The van der Waals surface area contributed by atoms with Gasteiger partial charge in [0.1, 0.15) is 22.9 Å². The summed E-state index contributed by atoms with van der Waals surface area (Å²) in [6.07, 6.45) is 2.46. The molecule has 0 saturated carbocycles. The molecule has 0 aliphatic carbocycles. The monoisotopic (exact) mass is 467 g/mol. The molecule has 2 heterocycles. The smallest absolute Gasteiger partial charge is 0.289 e. The van der Waals surface area contributed by atoms with Crippen molar-refractivity contribution in [2.24, 2.45) is 0 Å². The maximum atomic E-state index is 11.6. The van der Waals surface area contributed by atoms with Gasteiger partial charge < -0.3 is 13.6 Å². The molecule has 0 amide bonds. The molecule has 7 nitrogen and oxygen atoms in total. The van der Waals surface area contributed by atoms with Crippen molar-refractivity contribution in [1.82, 2.24) is 4.98 Å². The van der Waals surface area contributed by atoms with E-state index in [2.05, 4.69) is 9.17 Å². The third-order valence-electron chi connectivity index (χ3n) is 4.93. The molecular formula is C25H25NO6S. The number of furan rings is 1. The number of ether oxygens (including phenoxy) is 1. The fraction of sp³-hybridized carbons (Fsp3) is 0.240. The summed E-state index contributed by atoms with van der Waals surface area (Å²) < 4.78 is 45.3. The molecule has 0 fully saturated rings. The number of benzene rings is 2. The van der Waals surface area contributed by atoms with Crippen LogP contribution >= 0.6 is 0 Å². The van der Waals surface area contributed by atoms with Crippen molar-refractivity contribution in [3.63, 3.8) is 0 Å². The van der Waals surface area contributed by atoms with E-state index in [4.69, 9.17) is 13.6 Å². The van der Waals surface area contributed by atoms with Gasteiger partial charge in [-0.1, -0.05) is 24.3 Å². The molecule has 8 heteroatoms. The zero-order valence-electron chi connectivity index (χ0n) is 18.5. The lowest BCUT2D eigenvalue weighted by molar-refractivity contribution is 0.320. The second kappa shape index (κ2) is 10.1. The summed E-state index contributed by atoms with van der Waals surface area (Å²) in [4.78, 5) is 4.60. The Morgan fingerprint density at radius 2 is 1.88 bits per heavy atom. The summed E-state index contributed by atoms with van der Waals surface area (Å²) in [5, 5.41) is 1.96. The molecule has 0 bridgehead atoms. The van der Waals surface area contributed by atoms with Crippen molar-refractivity contribution >= 4 is 21.1 Å². The Labute approximate surface area is 192 Å². The van der Waals surface area contributed by atoms with Gasteiger partial charge in [0.2, 0.25) is 5.89 Å². The van der Waals surface area contributed by atoms with Crippen molar-refractivity contribution in [3.8, 4) is 17.2 Å². The Kier molecular flexibility index (Phi) is 6.96. The van der Waals surface area contributed by atoms with Gasteiger partial charge in [0.15, 0.2) is 0 Å². The molecule has 0 radical (unpaired) electrons. The van der Waals surface area contributed by atoms with Crippen LogP contribution in [-0.2, 0) is 27.1 Å². The van der Waals surface area contributed by atoms with E-state index in [1.54, 1.807) is 6.92 Å². The third kappa shape index (κ3) is 5.91. The van der Waals surface area contributed by atoms with Crippen LogP contribution in [0.1, 0.15) is 24.1 Å². The summed E-state index contributed by atoms with van der Waals surface area (Å²) in [5.74, 6) is 2.72. The molecular weight excluding hydrogens is 442 g/mol. The van der Waals surface area contributed by atoms with Gasteiger partial charge in [-0.15, -0.1) is 0 Å². The molecule has 0 spiro atoms. The van der Waals surface area contributed by atoms with E-state index in [-0.39, 0.29) is 6.61 Å². The van der Waals surface area contributed by atoms with Gasteiger partial charge in [-0.25, -0.2) is 4.98 Å². The highest BCUT2D eigenvalue weighted by Gasteiger charge is 2.12. The van der Waals surface area contributed by atoms with Gasteiger partial charge in [0.05, 0.1) is 24.3 Å². The highest BCUT2D eigenvalue weighted by atomic mass is 32.2. The molecule has 172 valence electrons. The average Bonchev–Trinajstić information content (AvgIpc) is 3.37. The molecule has 0 aliphatic heterocycles. The van der Waals surface area contributed by atoms with Crippen molar-refractivity contribution in [2.75, 3.05) is 13.2 Å². The highest BCUT2D eigenvalue weighted by Crippen LogP contribution is 2.26. The van der Waals surface area contributed by atoms with Gasteiger partial charge in [0.25, 0.3) is 10.1 Å². The summed E-state index contributed by atoms with van der Waals surface area (Å²) in [6, 6.07) is 17.3. The summed E-state index contributed by atoms with van der Waals surface area (Å²) in [5.41, 5.74) is 2.48. The van der Waals surface area contributed by atoms with Crippen LogP contribution in [0, 0.1) is 6.92 Å². The number of oxazole rings is 1. The molecule has 0 unspecified atom stereocenters. The molecule has 4 rings (SSSR count). The second-order valence-electron chi connectivity index (χ2n) is 7.37. The van der Waals surface area contributed by atoms with E-state index in [9.17, 15) is 8.42 Å². The van der Waals surface area contributed by atoms with Crippen LogP contribution in [-0.4, -0.2) is 26.6 Å². The van der Waals surface area contributed by atoms with Crippen LogP contribution < -0.4 is 4.74 Å². The van der Waals surface area contributed by atoms with Gasteiger partial charge in [-0.05, 0) is 44.2 Å². The maximum Gasteiger partial charge on any atom is 0.289 e. The van der Waals surface area contributed by atoms with E-state index >= 15 is 0 Å². The SMILES string of the molecule is CCOS(=O)(=O)/C=C/Cc1cc2ccc(OCCc3nc(-c4ccccc4)oc3C)cc2o1. The van der Waals surface area contributed by atoms with Crippen LogP contribution in [0.2, 0.25) is 0 Å². The summed E-state index contributed by atoms with van der Waals surface area (Å²) in [6.45, 7) is 4.07. The van der Waals surface area contributed by atoms with Crippen molar-refractivity contribution in [1.29, 1.82) is 0 Å². The van der Waals surface area contributed by atoms with Crippen molar-refractivity contribution in [3.05, 3.63) is 83.3 Å². The number of nitrogens with zero attached hydrogens (tertiary/aromatic N) is 1. The number of rotatable bonds is 10. The number of allylic oxidation sites excluding steroid dienone is 1. The van der Waals surface area contributed by atoms with Crippen LogP contribution in [0.3, 0.4) is 0 Å². The molecule has 0 N–H and O–H groups in total. The van der Waals surface area contributed by atoms with Crippen LogP contribution in [0.4, 0.5) is 0 Å². The third-order valence-corrected chi connectivity index (χ3v) is 6.02. The van der Waals surface area contributed by atoms with Crippen LogP contribution in [0.15, 0.2) is 74.9 Å². The lowest BCUT2D eigenvalue weighted by atomic mass is 10.2. The largest absolute Gasteiger partial charge is 0.493 e. The van der Waals surface area contributed by atoms with Crippen LogP contribution in [0.25, 0.3) is 22.4 Å². The Morgan fingerprint density at radius 1 is 1.06 bits per heavy atom. The standard InChI is InChI=1S/C25H25NO6S/c1-3-30-33(27,28)15-7-10-22-16-20-11-12-21(17-24(20)32-22)29-14-13-23-18(2)31-25(26-23)19-8-5-4-6-9-19/h4-9,11-12,15-17H,3,10,13-14H2,1-2H3/b15-7+. The Hall–Kier alpha value is -3.36. The van der Waals surface area contributed by atoms with E-state index in [1.165, 1.54) is 6.08 Å². The minimum absolute atomic E-state index is 0.102. The Balaban J connectivity index is 1.36. The first-order chi connectivity index (χ1) is 15.9. The zero-order valence-corrected chi connectivity index (χ0v) is 19.3. The first kappa shape index (κ1) is 22.8. The van der Waals surface area contributed by atoms with Crippen LogP contribution in [0.5, 0.6) is 5.75 Å². The molecule has 0 aliphatic rings. The predicted molar refractivity (Wildman–Crippen MR) is 125 cm³/mol. The number of hydrogen-bond donors (Lipinski definition) is 0. The van der Waals surface area contributed by atoms with Gasteiger partial charge in [-0.2, -0.15) is 8.42 Å². The maximum absolute atomic E-state index is 11.6.